The predicted octanol–water partition coefficient (Wildman–Crippen LogP) is 2.89. The topological polar surface area (TPSA) is 99.9 Å². The molecule has 0 aliphatic carbocycles. The van der Waals surface area contributed by atoms with Crippen molar-refractivity contribution in [3.63, 3.8) is 0 Å². The Labute approximate surface area is 190 Å². The van der Waals surface area contributed by atoms with Crippen molar-refractivity contribution in [2.24, 2.45) is 11.1 Å². The highest BCUT2D eigenvalue weighted by Crippen LogP contribution is 2.28. The maximum Gasteiger partial charge on any atom is 0.311 e. The highest BCUT2D eigenvalue weighted by Gasteiger charge is 2.29. The molecule has 2 aromatic rings. The Kier molecular flexibility index (Phi) is 10.0. The first-order valence-electron chi connectivity index (χ1n) is 10.8. The van der Waals surface area contributed by atoms with Crippen molar-refractivity contribution in [3.05, 3.63) is 59.7 Å². The molecular formula is C25H34N2O5. The highest BCUT2D eigenvalue weighted by molar-refractivity contribution is 5.77. The molecule has 7 nitrogen and oxygen atoms in total. The van der Waals surface area contributed by atoms with Gasteiger partial charge in [-0.15, -0.1) is 0 Å². The number of ether oxygens (including phenoxy) is 3. The predicted molar refractivity (Wildman–Crippen MR) is 124 cm³/mol. The molecule has 2 rings (SSSR count). The second kappa shape index (κ2) is 12.7. The lowest BCUT2D eigenvalue weighted by atomic mass is 9.86. The number of nitrogens with one attached hydrogen (secondary N) is 1. The molecule has 0 unspecified atom stereocenters. The molecule has 0 heterocycles. The van der Waals surface area contributed by atoms with Crippen molar-refractivity contribution in [1.82, 2.24) is 5.32 Å². The van der Waals surface area contributed by atoms with Crippen LogP contribution in [-0.2, 0) is 27.2 Å². The van der Waals surface area contributed by atoms with Gasteiger partial charge in [-0.2, -0.15) is 0 Å². The third kappa shape index (κ3) is 8.59. The van der Waals surface area contributed by atoms with Gasteiger partial charge in [-0.25, -0.2) is 0 Å². The molecule has 32 heavy (non-hydrogen) atoms. The fourth-order valence-corrected chi connectivity index (χ4v) is 3.24. The minimum Gasteiger partial charge on any atom is -0.493 e. The lowest BCUT2D eigenvalue weighted by Crippen LogP contribution is -2.30. The van der Waals surface area contributed by atoms with Crippen LogP contribution in [0.25, 0.3) is 0 Å². The number of rotatable bonds is 14. The first-order chi connectivity index (χ1) is 15.3. The molecule has 174 valence electrons. The summed E-state index contributed by atoms with van der Waals surface area (Å²) in [4.78, 5) is 23.5. The van der Waals surface area contributed by atoms with Gasteiger partial charge in [-0.3, -0.25) is 9.59 Å². The summed E-state index contributed by atoms with van der Waals surface area (Å²) >= 11 is 0. The summed E-state index contributed by atoms with van der Waals surface area (Å²) in [6.07, 6.45) is 1.53. The smallest absolute Gasteiger partial charge is 0.311 e. The summed E-state index contributed by atoms with van der Waals surface area (Å²) in [5.41, 5.74) is 6.56. The molecule has 1 amide bonds. The van der Waals surface area contributed by atoms with Gasteiger partial charge in [0.15, 0.2) is 11.5 Å². The molecule has 0 aromatic heterocycles. The fourth-order valence-electron chi connectivity index (χ4n) is 3.24. The van der Waals surface area contributed by atoms with Crippen molar-refractivity contribution >= 4 is 11.9 Å². The number of methoxy groups -OCH3 is 1. The summed E-state index contributed by atoms with van der Waals surface area (Å²) in [6.45, 7) is 6.00. The van der Waals surface area contributed by atoms with E-state index < -0.39 is 11.3 Å². The maximum absolute atomic E-state index is 12.4. The molecule has 0 saturated heterocycles. The Hall–Kier alpha value is -3.06. The van der Waals surface area contributed by atoms with E-state index in [9.17, 15) is 9.59 Å². The highest BCUT2D eigenvalue weighted by atomic mass is 16.5. The van der Waals surface area contributed by atoms with Crippen LogP contribution in [0.1, 0.15) is 31.4 Å². The Balaban J connectivity index is 1.61. The quantitative estimate of drug-likeness (QED) is 0.345. The summed E-state index contributed by atoms with van der Waals surface area (Å²) in [5, 5.41) is 3.26. The SMILES string of the molecule is COc1cc(CC(N)=O)ccc1OCCNCCCOC(=O)C(C)(C)Cc1ccccc1. The zero-order valence-electron chi connectivity index (χ0n) is 19.2. The maximum atomic E-state index is 12.4. The number of benzene rings is 2. The summed E-state index contributed by atoms with van der Waals surface area (Å²) in [6, 6.07) is 15.3. The van der Waals surface area contributed by atoms with E-state index in [-0.39, 0.29) is 12.4 Å². The van der Waals surface area contributed by atoms with E-state index in [0.29, 0.717) is 44.2 Å². The minimum absolute atomic E-state index is 0.159. The van der Waals surface area contributed by atoms with Gasteiger partial charge in [-0.05, 0) is 56.5 Å². The van der Waals surface area contributed by atoms with Gasteiger partial charge in [-0.1, -0.05) is 36.4 Å². The Morgan fingerprint density at radius 2 is 1.72 bits per heavy atom. The van der Waals surface area contributed by atoms with Gasteiger partial charge >= 0.3 is 5.97 Å². The second-order valence-corrected chi connectivity index (χ2v) is 8.26. The van der Waals surface area contributed by atoms with E-state index in [0.717, 1.165) is 17.5 Å². The molecule has 0 bridgehead atoms. The van der Waals surface area contributed by atoms with Gasteiger partial charge in [0.25, 0.3) is 0 Å². The number of esters is 1. The minimum atomic E-state index is -0.561. The van der Waals surface area contributed by atoms with Crippen molar-refractivity contribution in [3.8, 4) is 11.5 Å². The lowest BCUT2D eigenvalue weighted by Gasteiger charge is -2.22. The van der Waals surface area contributed by atoms with Crippen LogP contribution in [0, 0.1) is 5.41 Å². The summed E-state index contributed by atoms with van der Waals surface area (Å²) in [7, 11) is 1.55. The van der Waals surface area contributed by atoms with Crippen LogP contribution >= 0.6 is 0 Å². The molecule has 0 aliphatic heterocycles. The van der Waals surface area contributed by atoms with Crippen molar-refractivity contribution in [1.29, 1.82) is 0 Å². The number of hydrogen-bond donors (Lipinski definition) is 2. The molecule has 3 N–H and O–H groups in total. The van der Waals surface area contributed by atoms with E-state index >= 15 is 0 Å². The number of carbonyl (C=O) groups is 2. The van der Waals surface area contributed by atoms with Crippen molar-refractivity contribution < 1.29 is 23.8 Å². The van der Waals surface area contributed by atoms with Gasteiger partial charge < -0.3 is 25.3 Å². The largest absolute Gasteiger partial charge is 0.493 e. The molecule has 0 fully saturated rings. The Morgan fingerprint density at radius 3 is 2.41 bits per heavy atom. The van der Waals surface area contributed by atoms with E-state index in [1.165, 1.54) is 0 Å². The zero-order chi connectivity index (χ0) is 23.4. The molecule has 0 radical (unpaired) electrons. The summed E-state index contributed by atoms with van der Waals surface area (Å²) < 4.78 is 16.5. The number of nitrogens with two attached hydrogens (primary N) is 1. The van der Waals surface area contributed by atoms with Crippen LogP contribution in [-0.4, -0.2) is 45.3 Å². The average molecular weight is 443 g/mol. The Morgan fingerprint density at radius 1 is 0.969 bits per heavy atom. The van der Waals surface area contributed by atoms with E-state index in [2.05, 4.69) is 5.32 Å². The van der Waals surface area contributed by atoms with Crippen LogP contribution in [0.15, 0.2) is 48.5 Å². The average Bonchev–Trinajstić information content (AvgIpc) is 2.76. The lowest BCUT2D eigenvalue weighted by molar-refractivity contribution is -0.154. The molecule has 2 aromatic carbocycles. The number of amides is 1. The molecule has 0 saturated carbocycles. The standard InChI is InChI=1S/C25H34N2O5/c1-25(2,18-19-8-5-4-6-9-19)24(29)32-14-7-12-27-13-15-31-21-11-10-20(17-23(26)28)16-22(21)30-3/h4-6,8-11,16,27H,7,12-15,17-18H2,1-3H3,(H2,26,28). The number of primary amides is 1. The van der Waals surface area contributed by atoms with Crippen molar-refractivity contribution in [2.45, 2.75) is 33.1 Å². The van der Waals surface area contributed by atoms with Gasteiger partial charge in [0, 0.05) is 6.54 Å². The Bertz CT molecular complexity index is 868. The van der Waals surface area contributed by atoms with Crippen LogP contribution in [0.3, 0.4) is 0 Å². The van der Waals surface area contributed by atoms with Gasteiger partial charge in [0.1, 0.15) is 6.61 Å². The first kappa shape index (κ1) is 25.2. The third-order valence-electron chi connectivity index (χ3n) is 4.92. The van der Waals surface area contributed by atoms with E-state index in [1.807, 2.05) is 44.2 Å². The molecule has 7 heteroatoms. The van der Waals surface area contributed by atoms with Gasteiger partial charge in [0.05, 0.1) is 25.6 Å². The molecular weight excluding hydrogens is 408 g/mol. The van der Waals surface area contributed by atoms with Crippen LogP contribution < -0.4 is 20.5 Å². The van der Waals surface area contributed by atoms with Crippen molar-refractivity contribution in [2.75, 3.05) is 33.4 Å². The zero-order valence-corrected chi connectivity index (χ0v) is 19.2. The second-order valence-electron chi connectivity index (χ2n) is 8.26. The molecule has 0 spiro atoms. The number of carbonyl (C=O) groups excluding carboxylic acids is 2. The van der Waals surface area contributed by atoms with Gasteiger partial charge in [0.2, 0.25) is 5.91 Å². The van der Waals surface area contributed by atoms with Crippen LogP contribution in [0.4, 0.5) is 0 Å². The third-order valence-corrected chi connectivity index (χ3v) is 4.92. The van der Waals surface area contributed by atoms with E-state index in [1.54, 1.807) is 25.3 Å². The molecule has 0 atom stereocenters. The monoisotopic (exact) mass is 442 g/mol. The van der Waals surface area contributed by atoms with Crippen LogP contribution in [0.5, 0.6) is 11.5 Å². The van der Waals surface area contributed by atoms with Crippen LogP contribution in [0.2, 0.25) is 0 Å². The molecule has 0 aliphatic rings. The number of hydrogen-bond acceptors (Lipinski definition) is 6. The fraction of sp³-hybridized carbons (Fsp3) is 0.440. The van der Waals surface area contributed by atoms with E-state index in [4.69, 9.17) is 19.9 Å². The first-order valence-corrected chi connectivity index (χ1v) is 10.8. The summed E-state index contributed by atoms with van der Waals surface area (Å²) in [5.74, 6) is 0.595. The normalized spacial score (nSPS) is 11.1.